The fourth-order valence-electron chi connectivity index (χ4n) is 3.08. The largest absolute Gasteiger partial charge is 0.465 e. The fourth-order valence-corrected chi connectivity index (χ4v) is 3.08. The molecular formula is C19H14F3NO3. The Balaban J connectivity index is 2.00. The maximum atomic E-state index is 12.7. The highest BCUT2D eigenvalue weighted by Crippen LogP contribution is 2.34. The van der Waals surface area contributed by atoms with Gasteiger partial charge in [-0.25, -0.2) is 4.79 Å². The smallest absolute Gasteiger partial charge is 0.416 e. The monoisotopic (exact) mass is 361 g/mol. The molecule has 1 aliphatic carbocycles. The number of hydrogen-bond donors (Lipinski definition) is 2. The summed E-state index contributed by atoms with van der Waals surface area (Å²) >= 11 is 0. The van der Waals surface area contributed by atoms with Gasteiger partial charge in [-0.15, -0.1) is 0 Å². The van der Waals surface area contributed by atoms with E-state index in [4.69, 9.17) is 5.11 Å². The molecule has 2 aromatic carbocycles. The van der Waals surface area contributed by atoms with Crippen molar-refractivity contribution in [1.29, 1.82) is 0 Å². The van der Waals surface area contributed by atoms with Crippen LogP contribution in [0, 0.1) is 0 Å². The number of carbonyl (C=O) groups excluding carboxylic acids is 1. The first-order valence-electron chi connectivity index (χ1n) is 7.71. The Morgan fingerprint density at radius 1 is 1.12 bits per heavy atom. The first-order chi connectivity index (χ1) is 12.2. The molecule has 0 fully saturated rings. The normalized spacial score (nSPS) is 18.9. The highest BCUT2D eigenvalue weighted by Gasteiger charge is 2.35. The van der Waals surface area contributed by atoms with Crippen LogP contribution in [0.1, 0.15) is 16.7 Å². The number of allylic oxidation sites excluding steroid dienone is 1. The molecule has 0 aliphatic heterocycles. The minimum absolute atomic E-state index is 0.487. The van der Waals surface area contributed by atoms with Crippen molar-refractivity contribution in [2.24, 2.45) is 0 Å². The lowest BCUT2D eigenvalue weighted by Crippen LogP contribution is -2.46. The highest BCUT2D eigenvalue weighted by molar-refractivity contribution is 5.81. The van der Waals surface area contributed by atoms with Crippen LogP contribution in [0.4, 0.5) is 18.0 Å². The summed E-state index contributed by atoms with van der Waals surface area (Å²) in [7, 11) is 0. The molecule has 3 rings (SSSR count). The van der Waals surface area contributed by atoms with Crippen molar-refractivity contribution in [1.82, 2.24) is 5.32 Å². The van der Waals surface area contributed by atoms with E-state index in [0.717, 1.165) is 17.7 Å². The standard InChI is InChI=1S/C19H14F3NO3/c20-19(21,22)15-6-3-12(4-7-15)13-5-8-16-14(10-13)2-1-9-18(16,11-24)23-17(25)26/h1,3-11,23H,2H2,(H,25,26)/t18-/m1/s1. The van der Waals surface area contributed by atoms with Crippen molar-refractivity contribution < 1.29 is 27.9 Å². The van der Waals surface area contributed by atoms with Crippen LogP contribution in [0.3, 0.4) is 0 Å². The van der Waals surface area contributed by atoms with Crippen molar-refractivity contribution in [3.05, 3.63) is 71.3 Å². The molecule has 7 heteroatoms. The Hall–Kier alpha value is -3.09. The third-order valence-corrected chi connectivity index (χ3v) is 4.31. The van der Waals surface area contributed by atoms with Crippen LogP contribution in [0.5, 0.6) is 0 Å². The number of carbonyl (C=O) groups is 2. The molecule has 0 radical (unpaired) electrons. The van der Waals surface area contributed by atoms with E-state index in [1.54, 1.807) is 24.3 Å². The van der Waals surface area contributed by atoms with Crippen molar-refractivity contribution >= 4 is 12.4 Å². The Morgan fingerprint density at radius 3 is 2.35 bits per heavy atom. The van der Waals surface area contributed by atoms with Gasteiger partial charge in [0, 0.05) is 0 Å². The molecule has 1 amide bonds. The molecule has 2 N–H and O–H groups in total. The first-order valence-corrected chi connectivity index (χ1v) is 7.71. The van der Waals surface area contributed by atoms with Crippen LogP contribution in [-0.4, -0.2) is 17.5 Å². The number of fused-ring (bicyclic) bond motifs is 1. The van der Waals surface area contributed by atoms with Crippen LogP contribution < -0.4 is 5.32 Å². The molecule has 0 saturated carbocycles. The van der Waals surface area contributed by atoms with Crippen molar-refractivity contribution in [3.8, 4) is 11.1 Å². The van der Waals surface area contributed by atoms with Gasteiger partial charge in [0.05, 0.1) is 5.56 Å². The summed E-state index contributed by atoms with van der Waals surface area (Å²) in [6.07, 6.45) is -1.54. The number of aldehydes is 1. The van der Waals surface area contributed by atoms with E-state index in [0.29, 0.717) is 29.4 Å². The fraction of sp³-hybridized carbons (Fsp3) is 0.158. The lowest BCUT2D eigenvalue weighted by Gasteiger charge is -2.30. The SMILES string of the molecule is O=C[C@]1(NC(=O)O)C=CCc2cc(-c3ccc(C(F)(F)F)cc3)ccc21. The lowest BCUT2D eigenvalue weighted by molar-refractivity contribution is -0.137. The molecule has 1 aliphatic rings. The van der Waals surface area contributed by atoms with Crippen molar-refractivity contribution in [2.45, 2.75) is 18.1 Å². The average molecular weight is 361 g/mol. The van der Waals surface area contributed by atoms with Crippen LogP contribution in [0.15, 0.2) is 54.6 Å². The molecule has 4 nitrogen and oxygen atoms in total. The van der Waals surface area contributed by atoms with E-state index in [-0.39, 0.29) is 0 Å². The van der Waals surface area contributed by atoms with Gasteiger partial charge in [0.25, 0.3) is 0 Å². The van der Waals surface area contributed by atoms with Crippen LogP contribution >= 0.6 is 0 Å². The molecule has 1 atom stereocenters. The van der Waals surface area contributed by atoms with Crippen molar-refractivity contribution in [3.63, 3.8) is 0 Å². The van der Waals surface area contributed by atoms with E-state index >= 15 is 0 Å². The third-order valence-electron chi connectivity index (χ3n) is 4.31. The second-order valence-corrected chi connectivity index (χ2v) is 5.97. The predicted molar refractivity (Wildman–Crippen MR) is 88.6 cm³/mol. The molecular weight excluding hydrogens is 347 g/mol. The molecule has 0 unspecified atom stereocenters. The zero-order valence-corrected chi connectivity index (χ0v) is 13.4. The first kappa shape index (κ1) is 17.7. The molecule has 2 aromatic rings. The van der Waals surface area contributed by atoms with Gasteiger partial charge in [0.1, 0.15) is 5.54 Å². The Labute approximate surface area is 147 Å². The van der Waals surface area contributed by atoms with E-state index in [1.807, 2.05) is 0 Å². The van der Waals surface area contributed by atoms with Gasteiger partial charge in [-0.05, 0) is 40.8 Å². The third kappa shape index (κ3) is 3.20. The van der Waals surface area contributed by atoms with Crippen LogP contribution in [0.25, 0.3) is 11.1 Å². The molecule has 0 heterocycles. The zero-order valence-electron chi connectivity index (χ0n) is 13.4. The van der Waals surface area contributed by atoms with Gasteiger partial charge in [-0.2, -0.15) is 13.2 Å². The number of carboxylic acid groups (broad SMARTS) is 1. The Kier molecular flexibility index (Phi) is 4.31. The maximum Gasteiger partial charge on any atom is 0.416 e. The van der Waals surface area contributed by atoms with Gasteiger partial charge >= 0.3 is 12.3 Å². The summed E-state index contributed by atoms with van der Waals surface area (Å²) in [6, 6.07) is 9.81. The van der Waals surface area contributed by atoms with Crippen molar-refractivity contribution in [2.75, 3.05) is 0 Å². The lowest BCUT2D eigenvalue weighted by atomic mass is 9.81. The maximum absolute atomic E-state index is 12.7. The highest BCUT2D eigenvalue weighted by atomic mass is 19.4. The zero-order chi connectivity index (χ0) is 18.9. The minimum atomic E-state index is -4.40. The topological polar surface area (TPSA) is 66.4 Å². The van der Waals surface area contributed by atoms with Gasteiger partial charge < -0.3 is 10.4 Å². The summed E-state index contributed by atoms with van der Waals surface area (Å²) in [5, 5.41) is 11.2. The minimum Gasteiger partial charge on any atom is -0.465 e. The number of hydrogen-bond acceptors (Lipinski definition) is 2. The summed E-state index contributed by atoms with van der Waals surface area (Å²) in [5.74, 6) is 0. The summed E-state index contributed by atoms with van der Waals surface area (Å²) in [4.78, 5) is 22.6. The molecule has 26 heavy (non-hydrogen) atoms. The molecule has 0 spiro atoms. The average Bonchev–Trinajstić information content (AvgIpc) is 2.60. The number of nitrogens with one attached hydrogen (secondary N) is 1. The van der Waals surface area contributed by atoms with Crippen LogP contribution in [0.2, 0.25) is 0 Å². The predicted octanol–water partition coefficient (Wildman–Crippen LogP) is 4.15. The molecule has 0 aromatic heterocycles. The quantitative estimate of drug-likeness (QED) is 0.638. The van der Waals surface area contributed by atoms with Gasteiger partial charge in [-0.1, -0.05) is 42.5 Å². The van der Waals surface area contributed by atoms with Gasteiger partial charge in [0.15, 0.2) is 6.29 Å². The number of benzene rings is 2. The second kappa shape index (κ2) is 6.33. The van der Waals surface area contributed by atoms with E-state index in [2.05, 4.69) is 5.32 Å². The van der Waals surface area contributed by atoms with Gasteiger partial charge in [-0.3, -0.25) is 4.79 Å². The van der Waals surface area contributed by atoms with Crippen LogP contribution in [-0.2, 0) is 22.9 Å². The summed E-state index contributed by atoms with van der Waals surface area (Å²) < 4.78 is 38.0. The summed E-state index contributed by atoms with van der Waals surface area (Å²) in [6.45, 7) is 0. The molecule has 0 saturated heterocycles. The molecule has 0 bridgehead atoms. The summed E-state index contributed by atoms with van der Waals surface area (Å²) in [5.41, 5.74) is 0.325. The number of amides is 1. The van der Waals surface area contributed by atoms with E-state index in [1.165, 1.54) is 18.2 Å². The number of alkyl halides is 3. The Morgan fingerprint density at radius 2 is 1.77 bits per heavy atom. The van der Waals surface area contributed by atoms with E-state index < -0.39 is 23.4 Å². The van der Waals surface area contributed by atoms with E-state index in [9.17, 15) is 22.8 Å². The number of halogens is 3. The molecule has 134 valence electrons. The second-order valence-electron chi connectivity index (χ2n) is 5.97. The Bertz CT molecular complexity index is 888. The van der Waals surface area contributed by atoms with Gasteiger partial charge in [0.2, 0.25) is 0 Å². The number of rotatable bonds is 3.